The molecule has 5 nitrogen and oxygen atoms in total. The molecule has 0 saturated heterocycles. The lowest BCUT2D eigenvalue weighted by molar-refractivity contribution is 0.330. The predicted molar refractivity (Wildman–Crippen MR) is 76.6 cm³/mol. The highest BCUT2D eigenvalue weighted by atomic mass is 32.2. The minimum Gasteiger partial charge on any atom is -0.492 e. The Morgan fingerprint density at radius 3 is 2.40 bits per heavy atom. The Bertz CT molecular complexity index is 733. The molecule has 20 heavy (non-hydrogen) atoms. The number of hydrogen-bond donors (Lipinski definition) is 0. The van der Waals surface area contributed by atoms with Crippen molar-refractivity contribution in [3.63, 3.8) is 0 Å². The van der Waals surface area contributed by atoms with E-state index < -0.39 is 10.0 Å². The molecule has 1 aromatic carbocycles. The van der Waals surface area contributed by atoms with Crippen molar-refractivity contribution < 1.29 is 13.2 Å². The minimum absolute atomic E-state index is 0.144. The van der Waals surface area contributed by atoms with Gasteiger partial charge in [-0.25, -0.2) is 0 Å². The van der Waals surface area contributed by atoms with Gasteiger partial charge >= 0.3 is 0 Å². The quantitative estimate of drug-likeness (QED) is 0.869. The van der Waals surface area contributed by atoms with Crippen LogP contribution in [0.3, 0.4) is 0 Å². The van der Waals surface area contributed by atoms with Crippen LogP contribution in [0.2, 0.25) is 0 Å². The fourth-order valence-corrected chi connectivity index (χ4v) is 3.22. The molecular formula is C14H18N2O3S. The van der Waals surface area contributed by atoms with Gasteiger partial charge in [0.1, 0.15) is 10.6 Å². The van der Waals surface area contributed by atoms with Crippen molar-refractivity contribution >= 4 is 10.0 Å². The van der Waals surface area contributed by atoms with Gasteiger partial charge in [0.15, 0.2) is 0 Å². The van der Waals surface area contributed by atoms with Crippen LogP contribution in [0, 0.1) is 20.8 Å². The van der Waals surface area contributed by atoms with Crippen LogP contribution in [-0.2, 0) is 10.0 Å². The zero-order valence-electron chi connectivity index (χ0n) is 12.0. The van der Waals surface area contributed by atoms with Gasteiger partial charge in [0.2, 0.25) is 0 Å². The molecule has 0 aliphatic carbocycles. The molecule has 1 heterocycles. The fraction of sp³-hybridized carbons (Fsp3) is 0.357. The number of ether oxygens (including phenoxy) is 1. The molecule has 108 valence electrons. The lowest BCUT2D eigenvalue weighted by Crippen LogP contribution is -2.15. The molecule has 1 aromatic heterocycles. The zero-order valence-corrected chi connectivity index (χ0v) is 12.9. The molecule has 0 fully saturated rings. The summed E-state index contributed by atoms with van der Waals surface area (Å²) in [6, 6.07) is 5.04. The van der Waals surface area contributed by atoms with Crippen molar-refractivity contribution in [2.24, 2.45) is 0 Å². The topological polar surface area (TPSA) is 61.2 Å². The Balaban J connectivity index is 2.64. The second-order valence-electron chi connectivity index (χ2n) is 4.65. The molecule has 2 aromatic rings. The van der Waals surface area contributed by atoms with E-state index in [2.05, 4.69) is 5.10 Å². The molecule has 0 unspecified atom stereocenters. The van der Waals surface area contributed by atoms with Crippen LogP contribution in [-0.4, -0.2) is 24.2 Å². The first-order chi connectivity index (χ1) is 9.36. The Morgan fingerprint density at radius 1 is 1.20 bits per heavy atom. The maximum atomic E-state index is 12.6. The molecular weight excluding hydrogens is 276 g/mol. The van der Waals surface area contributed by atoms with Crippen LogP contribution in [0.25, 0.3) is 0 Å². The van der Waals surface area contributed by atoms with E-state index >= 15 is 0 Å². The predicted octanol–water partition coefficient (Wildman–Crippen LogP) is 2.44. The van der Waals surface area contributed by atoms with E-state index in [1.165, 1.54) is 6.20 Å². The monoisotopic (exact) mass is 294 g/mol. The summed E-state index contributed by atoms with van der Waals surface area (Å²) >= 11 is 0. The van der Waals surface area contributed by atoms with Gasteiger partial charge in [-0.3, -0.25) is 0 Å². The first-order valence-corrected chi connectivity index (χ1v) is 7.82. The normalized spacial score (nSPS) is 11.6. The number of nitrogens with zero attached hydrogens (tertiary/aromatic N) is 2. The van der Waals surface area contributed by atoms with Gasteiger partial charge in [-0.05, 0) is 57.0 Å². The molecule has 0 aliphatic heterocycles. The largest absolute Gasteiger partial charge is 0.492 e. The third kappa shape index (κ3) is 2.56. The fourth-order valence-electron chi connectivity index (χ4n) is 1.86. The summed E-state index contributed by atoms with van der Waals surface area (Å²) in [5.41, 5.74) is 2.54. The van der Waals surface area contributed by atoms with E-state index in [0.29, 0.717) is 18.1 Å². The number of aromatic nitrogens is 2. The molecule has 0 saturated carbocycles. The van der Waals surface area contributed by atoms with E-state index in [1.54, 1.807) is 25.1 Å². The second kappa shape index (κ2) is 5.28. The van der Waals surface area contributed by atoms with Crippen LogP contribution in [0.15, 0.2) is 29.3 Å². The Kier molecular flexibility index (Phi) is 3.85. The van der Waals surface area contributed by atoms with Gasteiger partial charge in [0, 0.05) is 6.20 Å². The van der Waals surface area contributed by atoms with Crippen LogP contribution in [0.5, 0.6) is 5.75 Å². The van der Waals surface area contributed by atoms with Gasteiger partial charge in [0.25, 0.3) is 10.0 Å². The summed E-state index contributed by atoms with van der Waals surface area (Å²) in [6.07, 6.45) is 1.44. The maximum Gasteiger partial charge on any atom is 0.286 e. The third-order valence-electron chi connectivity index (χ3n) is 3.08. The summed E-state index contributed by atoms with van der Waals surface area (Å²) in [5, 5.41) is 3.99. The van der Waals surface area contributed by atoms with Gasteiger partial charge < -0.3 is 4.74 Å². The number of aryl methyl sites for hydroxylation is 3. The summed E-state index contributed by atoms with van der Waals surface area (Å²) < 4.78 is 31.7. The van der Waals surface area contributed by atoms with E-state index in [4.69, 9.17) is 4.74 Å². The smallest absolute Gasteiger partial charge is 0.286 e. The van der Waals surface area contributed by atoms with Gasteiger partial charge in [-0.1, -0.05) is 0 Å². The van der Waals surface area contributed by atoms with Crippen molar-refractivity contribution in [3.8, 4) is 5.75 Å². The molecule has 6 heteroatoms. The molecule has 0 spiro atoms. The average Bonchev–Trinajstić information content (AvgIpc) is 2.81. The Hall–Kier alpha value is -1.82. The summed E-state index contributed by atoms with van der Waals surface area (Å²) in [4.78, 5) is 0.144. The SMILES string of the molecule is CCOc1cc(C)c(C)cc1S(=O)(=O)n1ccc(C)n1. The molecule has 2 rings (SSSR count). The van der Waals surface area contributed by atoms with E-state index in [9.17, 15) is 8.42 Å². The molecule has 0 atom stereocenters. The van der Waals surface area contributed by atoms with Crippen molar-refractivity contribution in [3.05, 3.63) is 41.2 Å². The number of benzene rings is 1. The lowest BCUT2D eigenvalue weighted by Gasteiger charge is -2.13. The minimum atomic E-state index is -3.73. The number of rotatable bonds is 4. The summed E-state index contributed by atoms with van der Waals surface area (Å²) in [7, 11) is -3.73. The van der Waals surface area contributed by atoms with E-state index in [0.717, 1.165) is 15.2 Å². The number of hydrogen-bond acceptors (Lipinski definition) is 4. The second-order valence-corrected chi connectivity index (χ2v) is 6.42. The highest BCUT2D eigenvalue weighted by molar-refractivity contribution is 7.90. The third-order valence-corrected chi connectivity index (χ3v) is 4.65. The van der Waals surface area contributed by atoms with Gasteiger partial charge in [0.05, 0.1) is 12.3 Å². The first-order valence-electron chi connectivity index (χ1n) is 6.38. The maximum absolute atomic E-state index is 12.6. The molecule has 0 aliphatic rings. The molecule has 0 bridgehead atoms. The first kappa shape index (κ1) is 14.6. The van der Waals surface area contributed by atoms with E-state index in [1.807, 2.05) is 20.8 Å². The van der Waals surface area contributed by atoms with Crippen LogP contribution < -0.4 is 4.74 Å². The average molecular weight is 294 g/mol. The van der Waals surface area contributed by atoms with Crippen molar-refractivity contribution in [2.75, 3.05) is 6.61 Å². The van der Waals surface area contributed by atoms with Crippen LogP contribution in [0.1, 0.15) is 23.7 Å². The highest BCUT2D eigenvalue weighted by Gasteiger charge is 2.23. The molecule has 0 N–H and O–H groups in total. The van der Waals surface area contributed by atoms with Gasteiger partial charge in [-0.15, -0.1) is 0 Å². The summed E-state index contributed by atoms with van der Waals surface area (Å²) in [5.74, 6) is 0.365. The molecule has 0 amide bonds. The van der Waals surface area contributed by atoms with Crippen molar-refractivity contribution in [2.45, 2.75) is 32.6 Å². The van der Waals surface area contributed by atoms with Gasteiger partial charge in [-0.2, -0.15) is 17.6 Å². The van der Waals surface area contributed by atoms with Crippen molar-refractivity contribution in [1.29, 1.82) is 0 Å². The standard InChI is InChI=1S/C14H18N2O3S/c1-5-19-13-8-10(2)11(3)9-14(13)20(17,18)16-7-6-12(4)15-16/h6-9H,5H2,1-4H3. The molecule has 0 radical (unpaired) electrons. The Labute approximate surface area is 119 Å². The van der Waals surface area contributed by atoms with Crippen LogP contribution in [0.4, 0.5) is 0 Å². The Morgan fingerprint density at radius 2 is 1.85 bits per heavy atom. The zero-order chi connectivity index (χ0) is 14.9. The highest BCUT2D eigenvalue weighted by Crippen LogP contribution is 2.29. The lowest BCUT2D eigenvalue weighted by atomic mass is 10.1. The summed E-state index contributed by atoms with van der Waals surface area (Å²) in [6.45, 7) is 7.77. The van der Waals surface area contributed by atoms with Crippen molar-refractivity contribution in [1.82, 2.24) is 9.19 Å². The van der Waals surface area contributed by atoms with E-state index in [-0.39, 0.29) is 4.90 Å². The van der Waals surface area contributed by atoms with Crippen LogP contribution >= 0.6 is 0 Å².